The summed E-state index contributed by atoms with van der Waals surface area (Å²) in [5.41, 5.74) is 0.438. The predicted octanol–water partition coefficient (Wildman–Crippen LogP) is 2.18. The van der Waals surface area contributed by atoms with Crippen LogP contribution in [0.5, 0.6) is 0 Å². The van der Waals surface area contributed by atoms with Crippen molar-refractivity contribution in [2.45, 2.75) is 44.8 Å². The molecule has 6 heteroatoms. The Morgan fingerprint density at radius 1 is 1.09 bits per heavy atom. The summed E-state index contributed by atoms with van der Waals surface area (Å²) in [6.07, 6.45) is 5.49. The molecule has 2 saturated heterocycles. The number of hydrogen-bond acceptors (Lipinski definition) is 6. The summed E-state index contributed by atoms with van der Waals surface area (Å²) in [5.74, 6) is -0.703. The maximum absolute atomic E-state index is 10.9. The van der Waals surface area contributed by atoms with Crippen molar-refractivity contribution in [1.29, 1.82) is 0 Å². The van der Waals surface area contributed by atoms with E-state index in [-0.39, 0.29) is 24.1 Å². The third-order valence-electron chi connectivity index (χ3n) is 3.37. The zero-order valence-corrected chi connectivity index (χ0v) is 13.8. The fourth-order valence-corrected chi connectivity index (χ4v) is 2.08. The summed E-state index contributed by atoms with van der Waals surface area (Å²) in [4.78, 5) is 21.5. The monoisotopic (exact) mass is 326 g/mol. The Morgan fingerprint density at radius 3 is 2.00 bits per heavy atom. The second kappa shape index (κ2) is 11.0. The highest BCUT2D eigenvalue weighted by molar-refractivity contribution is 5.86. The number of hydrogen-bond donors (Lipinski definition) is 0. The summed E-state index contributed by atoms with van der Waals surface area (Å²) in [6.45, 7) is 10.7. The van der Waals surface area contributed by atoms with E-state index in [1.807, 2.05) is 0 Å². The zero-order chi connectivity index (χ0) is 17.1. The molecule has 0 bridgehead atoms. The lowest BCUT2D eigenvalue weighted by molar-refractivity contribution is -0.142. The molecule has 0 amide bonds. The lowest BCUT2D eigenvalue weighted by Gasteiger charge is -2.09. The lowest BCUT2D eigenvalue weighted by atomic mass is 10.2. The van der Waals surface area contributed by atoms with Crippen molar-refractivity contribution in [3.8, 4) is 0 Å². The average Bonchev–Trinajstić information content (AvgIpc) is 3.23. The molecule has 0 N–H and O–H groups in total. The first-order chi connectivity index (χ1) is 11.0. The molecule has 2 aliphatic rings. The predicted molar refractivity (Wildman–Crippen MR) is 84.9 cm³/mol. The third-order valence-corrected chi connectivity index (χ3v) is 3.37. The molecule has 0 aromatic rings. The van der Waals surface area contributed by atoms with E-state index in [2.05, 4.69) is 13.2 Å². The SMILES string of the molecule is C=C(C)C(=O)OCC1CCCO1.C=CC(=O)OCC1CCCO1. The average molecular weight is 326 g/mol. The molecular weight excluding hydrogens is 300 g/mol. The smallest absolute Gasteiger partial charge is 0.333 e. The van der Waals surface area contributed by atoms with Gasteiger partial charge in [0, 0.05) is 24.9 Å². The van der Waals surface area contributed by atoms with Gasteiger partial charge in [-0.15, -0.1) is 0 Å². The normalized spacial score (nSPS) is 22.7. The van der Waals surface area contributed by atoms with Gasteiger partial charge < -0.3 is 18.9 Å². The van der Waals surface area contributed by atoms with Crippen LogP contribution in [0.4, 0.5) is 0 Å². The van der Waals surface area contributed by atoms with E-state index in [1.54, 1.807) is 6.92 Å². The molecule has 23 heavy (non-hydrogen) atoms. The second-order valence-corrected chi connectivity index (χ2v) is 5.48. The Labute approximate surface area is 137 Å². The molecule has 0 radical (unpaired) electrons. The first-order valence-corrected chi connectivity index (χ1v) is 7.88. The molecule has 2 rings (SSSR count). The van der Waals surface area contributed by atoms with Crippen LogP contribution in [0, 0.1) is 0 Å². The number of carbonyl (C=O) groups excluding carboxylic acids is 2. The van der Waals surface area contributed by atoms with Crippen molar-refractivity contribution >= 4 is 11.9 Å². The fraction of sp³-hybridized carbons (Fsp3) is 0.647. The minimum absolute atomic E-state index is 0.105. The zero-order valence-electron chi connectivity index (χ0n) is 13.8. The summed E-state index contributed by atoms with van der Waals surface area (Å²) >= 11 is 0. The number of carbonyl (C=O) groups is 2. The van der Waals surface area contributed by atoms with Gasteiger partial charge in [-0.1, -0.05) is 13.2 Å². The van der Waals surface area contributed by atoms with Gasteiger partial charge in [-0.05, 0) is 32.6 Å². The molecule has 0 aromatic heterocycles. The van der Waals surface area contributed by atoms with E-state index in [9.17, 15) is 9.59 Å². The molecule has 0 spiro atoms. The van der Waals surface area contributed by atoms with Gasteiger partial charge in [0.25, 0.3) is 0 Å². The van der Waals surface area contributed by atoms with Crippen molar-refractivity contribution in [2.75, 3.05) is 26.4 Å². The van der Waals surface area contributed by atoms with Crippen molar-refractivity contribution in [3.05, 3.63) is 24.8 Å². The van der Waals surface area contributed by atoms with Crippen LogP contribution in [0.25, 0.3) is 0 Å². The van der Waals surface area contributed by atoms with Gasteiger partial charge >= 0.3 is 11.9 Å². The Morgan fingerprint density at radius 2 is 1.61 bits per heavy atom. The van der Waals surface area contributed by atoms with Crippen molar-refractivity contribution in [3.63, 3.8) is 0 Å². The highest BCUT2D eigenvalue weighted by Crippen LogP contribution is 2.12. The van der Waals surface area contributed by atoms with Gasteiger partial charge in [-0.2, -0.15) is 0 Å². The summed E-state index contributed by atoms with van der Waals surface area (Å²) in [6, 6.07) is 0. The van der Waals surface area contributed by atoms with Gasteiger partial charge in [0.2, 0.25) is 0 Å². The molecule has 2 fully saturated rings. The van der Waals surface area contributed by atoms with Crippen LogP contribution < -0.4 is 0 Å². The molecule has 0 aromatic carbocycles. The van der Waals surface area contributed by atoms with Gasteiger partial charge in [-0.25, -0.2) is 9.59 Å². The Hall–Kier alpha value is -1.66. The molecule has 6 nitrogen and oxygen atoms in total. The van der Waals surface area contributed by atoms with Crippen LogP contribution in [0.2, 0.25) is 0 Å². The quantitative estimate of drug-likeness (QED) is 0.550. The number of ether oxygens (including phenoxy) is 4. The fourth-order valence-electron chi connectivity index (χ4n) is 2.08. The Bertz CT molecular complexity index is 405. The van der Waals surface area contributed by atoms with E-state index in [1.165, 1.54) is 0 Å². The van der Waals surface area contributed by atoms with Gasteiger partial charge in [0.05, 0.1) is 12.2 Å². The Balaban J connectivity index is 0.000000231. The first kappa shape index (κ1) is 19.4. The maximum Gasteiger partial charge on any atom is 0.333 e. The molecule has 2 heterocycles. The molecule has 130 valence electrons. The van der Waals surface area contributed by atoms with Crippen molar-refractivity contribution < 1.29 is 28.5 Å². The number of esters is 2. The van der Waals surface area contributed by atoms with Crippen molar-refractivity contribution in [2.24, 2.45) is 0 Å². The van der Waals surface area contributed by atoms with E-state index in [4.69, 9.17) is 18.9 Å². The van der Waals surface area contributed by atoms with Crippen molar-refractivity contribution in [1.82, 2.24) is 0 Å². The lowest BCUT2D eigenvalue weighted by Crippen LogP contribution is -2.17. The van der Waals surface area contributed by atoms with Gasteiger partial charge in [0.15, 0.2) is 0 Å². The van der Waals surface area contributed by atoms with Crippen LogP contribution in [0.3, 0.4) is 0 Å². The van der Waals surface area contributed by atoms with E-state index in [0.29, 0.717) is 18.8 Å². The largest absolute Gasteiger partial charge is 0.460 e. The molecule has 2 atom stereocenters. The Kier molecular flexibility index (Phi) is 9.24. The van der Waals surface area contributed by atoms with Gasteiger partial charge in [0.1, 0.15) is 13.2 Å². The summed E-state index contributed by atoms with van der Waals surface area (Å²) in [5, 5.41) is 0. The topological polar surface area (TPSA) is 71.1 Å². The first-order valence-electron chi connectivity index (χ1n) is 7.88. The van der Waals surface area contributed by atoms with E-state index >= 15 is 0 Å². The molecule has 0 saturated carbocycles. The molecule has 0 aliphatic carbocycles. The highest BCUT2D eigenvalue weighted by atomic mass is 16.6. The molecule has 2 aliphatic heterocycles. The summed E-state index contributed by atoms with van der Waals surface area (Å²) < 4.78 is 20.2. The maximum atomic E-state index is 10.9. The second-order valence-electron chi connectivity index (χ2n) is 5.48. The summed E-state index contributed by atoms with van der Waals surface area (Å²) in [7, 11) is 0. The van der Waals surface area contributed by atoms with E-state index < -0.39 is 0 Å². The minimum Gasteiger partial charge on any atom is -0.460 e. The van der Waals surface area contributed by atoms with Crippen LogP contribution in [-0.2, 0) is 28.5 Å². The molecular formula is C17H26O6. The standard InChI is InChI=1S/C9H14O3.C8H12O3/c1-7(2)9(10)12-6-8-4-3-5-11-8;1-2-8(9)11-6-7-4-3-5-10-7/h8H,1,3-6H2,2H3;2,7H,1,3-6H2. The van der Waals surface area contributed by atoms with E-state index in [0.717, 1.165) is 45.0 Å². The highest BCUT2D eigenvalue weighted by Gasteiger charge is 2.17. The van der Waals surface area contributed by atoms with Crippen LogP contribution >= 0.6 is 0 Å². The van der Waals surface area contributed by atoms with Gasteiger partial charge in [-0.3, -0.25) is 0 Å². The number of rotatable bonds is 6. The van der Waals surface area contributed by atoms with Crippen LogP contribution in [-0.4, -0.2) is 50.6 Å². The minimum atomic E-state index is -0.375. The van der Waals surface area contributed by atoms with Crippen LogP contribution in [0.1, 0.15) is 32.6 Å². The van der Waals surface area contributed by atoms with Crippen LogP contribution in [0.15, 0.2) is 24.8 Å². The molecule has 2 unspecified atom stereocenters. The third kappa shape index (κ3) is 8.52.